The molecule has 308 valence electrons. The van der Waals surface area contributed by atoms with Gasteiger partial charge < -0.3 is 45.9 Å². The van der Waals surface area contributed by atoms with Crippen LogP contribution in [-0.4, -0.2) is 0 Å². The third-order valence-electron chi connectivity index (χ3n) is 13.2. The Bertz CT molecular complexity index is 2520. The van der Waals surface area contributed by atoms with Crippen LogP contribution in [0.4, 0.5) is 45.5 Å². The monoisotopic (exact) mass is 812 g/mol. The summed E-state index contributed by atoms with van der Waals surface area (Å²) in [7, 11) is 0. The Morgan fingerprint density at radius 2 is 0.403 bits per heavy atom. The van der Waals surface area contributed by atoms with E-state index in [1.807, 2.05) is 121 Å². The van der Waals surface area contributed by atoms with Gasteiger partial charge in [-0.3, -0.25) is 0 Å². The van der Waals surface area contributed by atoms with Crippen LogP contribution in [0.3, 0.4) is 0 Å². The lowest BCUT2D eigenvalue weighted by Crippen LogP contribution is -2.42. The summed E-state index contributed by atoms with van der Waals surface area (Å²) in [6.45, 7) is 0. The summed E-state index contributed by atoms with van der Waals surface area (Å²) in [4.78, 5) is 0. The predicted octanol–water partition coefficient (Wildman–Crippen LogP) is 10.9. The van der Waals surface area contributed by atoms with Gasteiger partial charge in [0.2, 0.25) is 0 Å². The molecule has 0 spiro atoms. The zero-order valence-corrected chi connectivity index (χ0v) is 34.6. The van der Waals surface area contributed by atoms with Crippen LogP contribution in [0.5, 0.6) is 0 Å². The molecule has 0 aliphatic heterocycles. The zero-order valence-electron chi connectivity index (χ0n) is 34.6. The van der Waals surface area contributed by atoms with Crippen molar-refractivity contribution in [2.45, 2.75) is 36.5 Å². The van der Waals surface area contributed by atoms with Crippen LogP contribution in [0.25, 0.3) is 44.5 Å². The summed E-state index contributed by atoms with van der Waals surface area (Å²) in [6, 6.07) is 57.2. The molecule has 0 saturated heterocycles. The van der Waals surface area contributed by atoms with Crippen LogP contribution in [-0.2, 0) is 10.8 Å². The fourth-order valence-electron chi connectivity index (χ4n) is 9.77. The summed E-state index contributed by atoms with van der Waals surface area (Å²) < 4.78 is 0. The van der Waals surface area contributed by atoms with E-state index in [1.165, 1.54) is 0 Å². The third kappa shape index (κ3) is 7.15. The first-order chi connectivity index (χ1) is 29.9. The van der Waals surface area contributed by atoms with Crippen molar-refractivity contribution in [3.05, 3.63) is 192 Å². The minimum Gasteiger partial charge on any atom is -0.399 e. The van der Waals surface area contributed by atoms with Gasteiger partial charge in [-0.25, -0.2) is 0 Å². The second-order valence-electron chi connectivity index (χ2n) is 16.9. The van der Waals surface area contributed by atoms with Crippen LogP contribution in [0.15, 0.2) is 170 Å². The Balaban J connectivity index is 1.26. The molecule has 0 atom stereocenters. The summed E-state index contributed by atoms with van der Waals surface area (Å²) >= 11 is 0. The van der Waals surface area contributed by atoms with Gasteiger partial charge in [0, 0.05) is 56.3 Å². The standard InChI is InChI=1S/C54H52N8/c55-41-13-1-33(2-14-41)37-9-21-49(59)45(29-37)53(46-30-38(10-22-50(46)60)34-3-15-42(56)16-4-34)25-27-54(28-26-53,47-31-39(11-23-51(47)61)35-5-17-43(57)18-6-35)48-32-40(12-24-52(48)62)36-7-19-44(58)20-8-36/h1-24,29-32H,25-28,55-62H2. The van der Waals surface area contributed by atoms with Gasteiger partial charge in [-0.15, -0.1) is 0 Å². The molecule has 8 aromatic rings. The van der Waals surface area contributed by atoms with Gasteiger partial charge >= 0.3 is 0 Å². The zero-order chi connectivity index (χ0) is 43.2. The van der Waals surface area contributed by atoms with E-state index in [0.29, 0.717) is 71.2 Å². The van der Waals surface area contributed by atoms with E-state index < -0.39 is 10.8 Å². The number of hydrogen-bond donors (Lipinski definition) is 8. The first kappa shape index (κ1) is 39.6. The molecule has 0 aromatic heterocycles. The lowest BCUT2D eigenvalue weighted by atomic mass is 9.54. The highest BCUT2D eigenvalue weighted by atomic mass is 14.7. The first-order valence-electron chi connectivity index (χ1n) is 21.0. The van der Waals surface area contributed by atoms with Gasteiger partial charge in [-0.1, -0.05) is 72.8 Å². The molecule has 0 radical (unpaired) electrons. The van der Waals surface area contributed by atoms with Crippen molar-refractivity contribution >= 4 is 45.5 Å². The fraction of sp³-hybridized carbons (Fsp3) is 0.111. The van der Waals surface area contributed by atoms with Crippen LogP contribution in [0.2, 0.25) is 0 Å². The SMILES string of the molecule is Nc1ccc(-c2ccc(N)c(C3(c4cc(-c5ccc(N)cc5)ccc4N)CCC(c4cc(-c5ccc(N)cc5)ccc4N)(c4cc(-c5ccc(N)cc5)ccc4N)CC3)c2)cc1. The molecule has 8 nitrogen and oxygen atoms in total. The highest BCUT2D eigenvalue weighted by Gasteiger charge is 2.49. The number of anilines is 8. The highest BCUT2D eigenvalue weighted by molar-refractivity contribution is 5.78. The smallest absolute Gasteiger partial charge is 0.0356 e. The maximum absolute atomic E-state index is 7.16. The van der Waals surface area contributed by atoms with Gasteiger partial charge in [0.15, 0.2) is 0 Å². The number of hydrogen-bond acceptors (Lipinski definition) is 8. The van der Waals surface area contributed by atoms with E-state index in [0.717, 1.165) is 66.8 Å². The summed E-state index contributed by atoms with van der Waals surface area (Å²) in [5, 5.41) is 0. The highest BCUT2D eigenvalue weighted by Crippen LogP contribution is 2.59. The number of rotatable bonds is 8. The molecule has 1 saturated carbocycles. The minimum atomic E-state index is -0.613. The molecule has 0 amide bonds. The molecule has 16 N–H and O–H groups in total. The van der Waals surface area contributed by atoms with Crippen molar-refractivity contribution in [3.63, 3.8) is 0 Å². The topological polar surface area (TPSA) is 208 Å². The molecule has 1 fully saturated rings. The molecular formula is C54H52N8. The van der Waals surface area contributed by atoms with E-state index in [2.05, 4.69) is 48.5 Å². The molecule has 0 heterocycles. The fourth-order valence-corrected chi connectivity index (χ4v) is 9.77. The molecule has 9 rings (SSSR count). The van der Waals surface area contributed by atoms with Crippen LogP contribution in [0, 0.1) is 0 Å². The van der Waals surface area contributed by atoms with E-state index in [4.69, 9.17) is 45.9 Å². The van der Waals surface area contributed by atoms with Crippen LogP contribution < -0.4 is 45.9 Å². The minimum absolute atomic E-state index is 0.613. The largest absolute Gasteiger partial charge is 0.399 e. The summed E-state index contributed by atoms with van der Waals surface area (Å²) in [5.41, 5.74) is 70.0. The average Bonchev–Trinajstić information content (AvgIpc) is 3.28. The predicted molar refractivity (Wildman–Crippen MR) is 263 cm³/mol. The molecule has 0 unspecified atom stereocenters. The lowest BCUT2D eigenvalue weighted by molar-refractivity contribution is 0.259. The van der Waals surface area contributed by atoms with Crippen molar-refractivity contribution in [1.82, 2.24) is 0 Å². The molecule has 0 bridgehead atoms. The van der Waals surface area contributed by atoms with Gasteiger partial charge in [-0.05, 0) is 190 Å². The number of nitrogens with two attached hydrogens (primary N) is 8. The van der Waals surface area contributed by atoms with E-state index in [9.17, 15) is 0 Å². The van der Waals surface area contributed by atoms with Crippen molar-refractivity contribution in [3.8, 4) is 44.5 Å². The van der Waals surface area contributed by atoms with Gasteiger partial charge in [-0.2, -0.15) is 0 Å². The summed E-state index contributed by atoms with van der Waals surface area (Å²) in [6.07, 6.45) is 2.70. The second kappa shape index (κ2) is 15.6. The second-order valence-corrected chi connectivity index (χ2v) is 16.9. The van der Waals surface area contributed by atoms with E-state index >= 15 is 0 Å². The molecule has 8 aromatic carbocycles. The van der Waals surface area contributed by atoms with Crippen molar-refractivity contribution in [1.29, 1.82) is 0 Å². The Morgan fingerprint density at radius 1 is 0.226 bits per heavy atom. The molecule has 8 heteroatoms. The van der Waals surface area contributed by atoms with E-state index in [-0.39, 0.29) is 0 Å². The van der Waals surface area contributed by atoms with Gasteiger partial charge in [0.1, 0.15) is 0 Å². The van der Waals surface area contributed by atoms with Gasteiger partial charge in [0.05, 0.1) is 0 Å². The molecule has 1 aliphatic carbocycles. The maximum Gasteiger partial charge on any atom is 0.0356 e. The number of nitrogen functional groups attached to an aromatic ring is 8. The molecular weight excluding hydrogens is 761 g/mol. The van der Waals surface area contributed by atoms with E-state index in [1.54, 1.807) is 0 Å². The summed E-state index contributed by atoms with van der Waals surface area (Å²) in [5.74, 6) is 0. The maximum atomic E-state index is 7.16. The van der Waals surface area contributed by atoms with Gasteiger partial charge in [0.25, 0.3) is 0 Å². The van der Waals surface area contributed by atoms with Crippen LogP contribution in [0.1, 0.15) is 47.9 Å². The molecule has 1 aliphatic rings. The Kier molecular flexibility index (Phi) is 9.99. The van der Waals surface area contributed by atoms with Crippen molar-refractivity contribution in [2.24, 2.45) is 0 Å². The van der Waals surface area contributed by atoms with Crippen molar-refractivity contribution in [2.75, 3.05) is 45.9 Å². The normalized spacial score (nSPS) is 14.3. The van der Waals surface area contributed by atoms with Crippen molar-refractivity contribution < 1.29 is 0 Å². The first-order valence-corrected chi connectivity index (χ1v) is 21.0. The average molecular weight is 813 g/mol. The Hall–Kier alpha value is -7.84. The third-order valence-corrected chi connectivity index (χ3v) is 13.2. The van der Waals surface area contributed by atoms with Crippen LogP contribution >= 0.6 is 0 Å². The molecule has 62 heavy (non-hydrogen) atoms. The Labute approximate surface area is 363 Å². The number of benzene rings is 8. The Morgan fingerprint density at radius 3 is 0.597 bits per heavy atom. The quantitative estimate of drug-likeness (QED) is 0.0691. The lowest BCUT2D eigenvalue weighted by Gasteiger charge is -2.49.